The number of anilines is 1. The monoisotopic (exact) mass is 343 g/mol. The molecule has 3 aliphatic carbocycles. The standard InChI is InChI=1S/C22H33NO2/c1-22-11-10-15-16(18(22)8-9-21(22)25-5)7-6-14-12-20(24-4)19(23(2)3)13-17(14)15/h12-13,15-16,18,21H,6-11H2,1-5H3/t15-,16+,18-,21-,22-/m0/s1. The van der Waals surface area contributed by atoms with Crippen LogP contribution in [0.25, 0.3) is 0 Å². The Balaban J connectivity index is 1.71. The van der Waals surface area contributed by atoms with Gasteiger partial charge in [-0.05, 0) is 85.0 Å². The van der Waals surface area contributed by atoms with Crippen molar-refractivity contribution < 1.29 is 9.47 Å². The maximum absolute atomic E-state index is 5.89. The average molecular weight is 344 g/mol. The molecule has 2 saturated carbocycles. The van der Waals surface area contributed by atoms with Gasteiger partial charge < -0.3 is 14.4 Å². The van der Waals surface area contributed by atoms with Crippen molar-refractivity contribution in [3.05, 3.63) is 23.3 Å². The summed E-state index contributed by atoms with van der Waals surface area (Å²) in [5, 5.41) is 0. The fourth-order valence-corrected chi connectivity index (χ4v) is 6.44. The molecule has 3 nitrogen and oxygen atoms in total. The number of methoxy groups -OCH3 is 2. The average Bonchev–Trinajstić information content (AvgIpc) is 2.96. The van der Waals surface area contributed by atoms with Gasteiger partial charge in [0.25, 0.3) is 0 Å². The van der Waals surface area contributed by atoms with Crippen LogP contribution in [0.15, 0.2) is 12.1 Å². The fourth-order valence-electron chi connectivity index (χ4n) is 6.44. The quantitative estimate of drug-likeness (QED) is 0.798. The van der Waals surface area contributed by atoms with E-state index in [-0.39, 0.29) is 0 Å². The predicted molar refractivity (Wildman–Crippen MR) is 103 cm³/mol. The minimum atomic E-state index is 0.393. The molecule has 25 heavy (non-hydrogen) atoms. The second kappa shape index (κ2) is 6.19. The van der Waals surface area contributed by atoms with Gasteiger partial charge in [-0.25, -0.2) is 0 Å². The van der Waals surface area contributed by atoms with Crippen LogP contribution in [-0.2, 0) is 11.2 Å². The number of hydrogen-bond donors (Lipinski definition) is 0. The zero-order valence-corrected chi connectivity index (χ0v) is 16.5. The van der Waals surface area contributed by atoms with E-state index < -0.39 is 0 Å². The van der Waals surface area contributed by atoms with E-state index in [2.05, 4.69) is 38.1 Å². The topological polar surface area (TPSA) is 21.7 Å². The molecule has 2 fully saturated rings. The summed E-state index contributed by atoms with van der Waals surface area (Å²) in [5.74, 6) is 3.40. The number of benzene rings is 1. The lowest BCUT2D eigenvalue weighted by Gasteiger charge is -2.50. The maximum atomic E-state index is 5.89. The third-order valence-corrected chi connectivity index (χ3v) is 7.70. The summed E-state index contributed by atoms with van der Waals surface area (Å²) in [6.45, 7) is 2.50. The molecule has 0 bridgehead atoms. The Hall–Kier alpha value is -1.22. The smallest absolute Gasteiger partial charge is 0.142 e. The van der Waals surface area contributed by atoms with E-state index in [4.69, 9.17) is 9.47 Å². The van der Waals surface area contributed by atoms with E-state index in [0.29, 0.717) is 11.5 Å². The Morgan fingerprint density at radius 3 is 2.56 bits per heavy atom. The van der Waals surface area contributed by atoms with Crippen molar-refractivity contribution in [1.82, 2.24) is 0 Å². The number of rotatable bonds is 3. The van der Waals surface area contributed by atoms with Crippen molar-refractivity contribution >= 4 is 5.69 Å². The number of ether oxygens (including phenoxy) is 2. The molecular formula is C22H33NO2. The molecule has 0 saturated heterocycles. The van der Waals surface area contributed by atoms with Gasteiger partial charge in [0.1, 0.15) is 5.75 Å². The van der Waals surface area contributed by atoms with Gasteiger partial charge in [-0.15, -0.1) is 0 Å². The molecule has 0 unspecified atom stereocenters. The number of fused-ring (bicyclic) bond motifs is 5. The Labute approximate surface area is 152 Å². The predicted octanol–water partition coefficient (Wildman–Crippen LogP) is 4.63. The van der Waals surface area contributed by atoms with Gasteiger partial charge in [0.05, 0.1) is 18.9 Å². The lowest BCUT2D eigenvalue weighted by molar-refractivity contribution is -0.0444. The van der Waals surface area contributed by atoms with Crippen molar-refractivity contribution in [3.8, 4) is 5.75 Å². The van der Waals surface area contributed by atoms with E-state index in [0.717, 1.165) is 23.5 Å². The molecule has 0 amide bonds. The number of aryl methyl sites for hydroxylation is 1. The Morgan fingerprint density at radius 2 is 1.88 bits per heavy atom. The molecule has 5 atom stereocenters. The van der Waals surface area contributed by atoms with E-state index in [1.807, 2.05) is 7.11 Å². The molecular weight excluding hydrogens is 310 g/mol. The first-order valence-electron chi connectivity index (χ1n) is 9.90. The molecule has 0 heterocycles. The third kappa shape index (κ3) is 2.50. The SMILES string of the molecule is COc1cc2c(cc1N(C)C)[C@H]1CC[C@]3(C)[C@@H](OC)CC[C@H]3[C@@H]1CC2. The van der Waals surface area contributed by atoms with Gasteiger partial charge in [0, 0.05) is 21.2 Å². The summed E-state index contributed by atoms with van der Waals surface area (Å²) >= 11 is 0. The van der Waals surface area contributed by atoms with Crippen LogP contribution in [0.1, 0.15) is 56.1 Å². The highest BCUT2D eigenvalue weighted by Crippen LogP contribution is 2.61. The first-order chi connectivity index (χ1) is 12.0. The van der Waals surface area contributed by atoms with Crippen molar-refractivity contribution in [2.75, 3.05) is 33.2 Å². The van der Waals surface area contributed by atoms with Gasteiger partial charge in [-0.2, -0.15) is 0 Å². The van der Waals surface area contributed by atoms with E-state index in [1.165, 1.54) is 49.8 Å². The molecule has 4 rings (SSSR count). The molecule has 0 radical (unpaired) electrons. The van der Waals surface area contributed by atoms with Crippen molar-refractivity contribution in [1.29, 1.82) is 0 Å². The summed E-state index contributed by atoms with van der Waals surface area (Å²) < 4.78 is 11.6. The van der Waals surface area contributed by atoms with Gasteiger partial charge in [-0.3, -0.25) is 0 Å². The van der Waals surface area contributed by atoms with Crippen LogP contribution in [0.3, 0.4) is 0 Å². The molecule has 1 aromatic rings. The second-order valence-corrected chi connectivity index (χ2v) is 8.88. The van der Waals surface area contributed by atoms with Gasteiger partial charge >= 0.3 is 0 Å². The summed E-state index contributed by atoms with van der Waals surface area (Å²) in [6, 6.07) is 4.73. The Bertz CT molecular complexity index is 656. The molecule has 0 aliphatic heterocycles. The third-order valence-electron chi connectivity index (χ3n) is 7.70. The number of hydrogen-bond acceptors (Lipinski definition) is 3. The van der Waals surface area contributed by atoms with Crippen LogP contribution in [0.2, 0.25) is 0 Å². The number of nitrogens with zero attached hydrogens (tertiary/aromatic N) is 1. The highest BCUT2D eigenvalue weighted by molar-refractivity contribution is 5.62. The lowest BCUT2D eigenvalue weighted by atomic mass is 9.55. The van der Waals surface area contributed by atoms with Crippen LogP contribution < -0.4 is 9.64 Å². The van der Waals surface area contributed by atoms with Crippen LogP contribution in [0.5, 0.6) is 5.75 Å². The molecule has 138 valence electrons. The van der Waals surface area contributed by atoms with Crippen molar-refractivity contribution in [3.63, 3.8) is 0 Å². The summed E-state index contributed by atoms with van der Waals surface area (Å²) in [6.07, 6.45) is 8.21. The normalized spacial score (nSPS) is 36.4. The highest BCUT2D eigenvalue weighted by Gasteiger charge is 2.55. The fraction of sp³-hybridized carbons (Fsp3) is 0.727. The largest absolute Gasteiger partial charge is 0.495 e. The molecule has 3 heteroatoms. The van der Waals surface area contributed by atoms with Crippen molar-refractivity contribution in [2.45, 2.75) is 57.5 Å². The van der Waals surface area contributed by atoms with Gasteiger partial charge in [0.15, 0.2) is 0 Å². The highest BCUT2D eigenvalue weighted by atomic mass is 16.5. The molecule has 3 aliphatic rings. The summed E-state index contributed by atoms with van der Waals surface area (Å²) in [7, 11) is 7.93. The zero-order chi connectivity index (χ0) is 17.8. The lowest BCUT2D eigenvalue weighted by Crippen LogP contribution is -2.44. The Kier molecular flexibility index (Phi) is 4.26. The molecule has 0 aromatic heterocycles. The van der Waals surface area contributed by atoms with E-state index >= 15 is 0 Å². The van der Waals surface area contributed by atoms with Gasteiger partial charge in [0.2, 0.25) is 0 Å². The molecule has 1 aromatic carbocycles. The van der Waals surface area contributed by atoms with Crippen molar-refractivity contribution in [2.24, 2.45) is 17.3 Å². The van der Waals surface area contributed by atoms with E-state index in [1.54, 1.807) is 12.7 Å². The molecule has 0 N–H and O–H groups in total. The van der Waals surface area contributed by atoms with E-state index in [9.17, 15) is 0 Å². The van der Waals surface area contributed by atoms with Gasteiger partial charge in [-0.1, -0.05) is 6.92 Å². The first kappa shape index (κ1) is 17.2. The summed E-state index contributed by atoms with van der Waals surface area (Å²) in [5.41, 5.74) is 4.73. The maximum Gasteiger partial charge on any atom is 0.142 e. The molecule has 0 spiro atoms. The zero-order valence-electron chi connectivity index (χ0n) is 16.5. The minimum absolute atomic E-state index is 0.393. The van der Waals surface area contributed by atoms with Crippen LogP contribution in [-0.4, -0.2) is 34.4 Å². The van der Waals surface area contributed by atoms with Crippen LogP contribution in [0.4, 0.5) is 5.69 Å². The first-order valence-corrected chi connectivity index (χ1v) is 9.90. The minimum Gasteiger partial charge on any atom is -0.495 e. The second-order valence-electron chi connectivity index (χ2n) is 8.88. The summed E-state index contributed by atoms with van der Waals surface area (Å²) in [4.78, 5) is 2.19. The van der Waals surface area contributed by atoms with Crippen LogP contribution >= 0.6 is 0 Å². The Morgan fingerprint density at radius 1 is 1.08 bits per heavy atom. The van der Waals surface area contributed by atoms with Crippen LogP contribution in [0, 0.1) is 17.3 Å².